The van der Waals surface area contributed by atoms with Gasteiger partial charge in [-0.05, 0) is 49.6 Å². The van der Waals surface area contributed by atoms with Crippen LogP contribution in [-0.2, 0) is 4.79 Å². The molecule has 0 spiro atoms. The summed E-state index contributed by atoms with van der Waals surface area (Å²) in [6, 6.07) is 14.3. The van der Waals surface area contributed by atoms with E-state index in [9.17, 15) is 4.79 Å². The number of methoxy groups -OCH3 is 1. The lowest BCUT2D eigenvalue weighted by Crippen LogP contribution is -2.29. The predicted molar refractivity (Wildman–Crippen MR) is 101 cm³/mol. The molecular weight excluding hydrogens is 318 g/mol. The number of thioether (sulfide) groups is 1. The number of amides is 1. The third kappa shape index (κ3) is 5.03. The third-order valence-corrected chi connectivity index (χ3v) is 4.97. The number of aryl methyl sites for hydroxylation is 2. The van der Waals surface area contributed by atoms with Gasteiger partial charge in [0.25, 0.3) is 0 Å². The molecule has 0 bridgehead atoms. The number of rotatable bonds is 7. The number of ether oxygens (including phenoxy) is 1. The van der Waals surface area contributed by atoms with Crippen molar-refractivity contribution in [2.75, 3.05) is 12.9 Å². The van der Waals surface area contributed by atoms with Crippen LogP contribution in [0.5, 0.6) is 5.75 Å². The fourth-order valence-electron chi connectivity index (χ4n) is 2.56. The Hall–Kier alpha value is -1.94. The summed E-state index contributed by atoms with van der Waals surface area (Å²) < 4.78 is 5.30. The minimum Gasteiger partial charge on any atom is -0.496 e. The molecule has 0 aliphatic heterocycles. The number of benzene rings is 2. The van der Waals surface area contributed by atoms with E-state index < -0.39 is 0 Å². The van der Waals surface area contributed by atoms with Crippen molar-refractivity contribution in [2.24, 2.45) is 0 Å². The first-order valence-corrected chi connectivity index (χ1v) is 9.15. The lowest BCUT2D eigenvalue weighted by molar-refractivity contribution is -0.119. The Labute approximate surface area is 148 Å². The number of nitrogens with one attached hydrogen (secondary N) is 1. The molecule has 128 valence electrons. The molecule has 0 radical (unpaired) electrons. The number of hydrogen-bond acceptors (Lipinski definition) is 3. The van der Waals surface area contributed by atoms with E-state index in [1.165, 1.54) is 5.56 Å². The smallest absolute Gasteiger partial charge is 0.230 e. The topological polar surface area (TPSA) is 38.3 Å². The lowest BCUT2D eigenvalue weighted by atomic mass is 10.0. The Morgan fingerprint density at radius 2 is 1.88 bits per heavy atom. The molecule has 0 aliphatic rings. The van der Waals surface area contributed by atoms with Crippen LogP contribution >= 0.6 is 11.8 Å². The second-order valence-corrected chi connectivity index (χ2v) is 6.91. The SMILES string of the molecule is CCC(NC(=O)CSc1ccc(C)cc1)c1ccc(OC)c(C)c1. The highest BCUT2D eigenvalue weighted by molar-refractivity contribution is 8.00. The molecule has 3 nitrogen and oxygen atoms in total. The summed E-state index contributed by atoms with van der Waals surface area (Å²) >= 11 is 1.56. The van der Waals surface area contributed by atoms with E-state index in [1.807, 2.05) is 19.1 Å². The second-order valence-electron chi connectivity index (χ2n) is 5.86. The Bertz CT molecular complexity index is 683. The van der Waals surface area contributed by atoms with E-state index in [1.54, 1.807) is 18.9 Å². The van der Waals surface area contributed by atoms with Gasteiger partial charge in [-0.25, -0.2) is 0 Å². The van der Waals surface area contributed by atoms with Gasteiger partial charge in [-0.1, -0.05) is 36.8 Å². The first kappa shape index (κ1) is 18.4. The Kier molecular flexibility index (Phi) is 6.73. The van der Waals surface area contributed by atoms with Crippen LogP contribution < -0.4 is 10.1 Å². The zero-order chi connectivity index (χ0) is 17.5. The van der Waals surface area contributed by atoms with E-state index in [0.717, 1.165) is 28.2 Å². The summed E-state index contributed by atoms with van der Waals surface area (Å²) in [5.41, 5.74) is 3.42. The van der Waals surface area contributed by atoms with Crippen LogP contribution in [0.3, 0.4) is 0 Å². The van der Waals surface area contributed by atoms with Gasteiger partial charge in [-0.15, -0.1) is 11.8 Å². The van der Waals surface area contributed by atoms with Crippen LogP contribution in [0, 0.1) is 13.8 Å². The first-order chi connectivity index (χ1) is 11.5. The molecule has 2 rings (SSSR count). The number of carbonyl (C=O) groups excluding carboxylic acids is 1. The van der Waals surface area contributed by atoms with Crippen LogP contribution in [0.2, 0.25) is 0 Å². The van der Waals surface area contributed by atoms with Crippen LogP contribution in [0.4, 0.5) is 0 Å². The van der Waals surface area contributed by atoms with Gasteiger partial charge in [-0.3, -0.25) is 4.79 Å². The Morgan fingerprint density at radius 3 is 2.46 bits per heavy atom. The average molecular weight is 343 g/mol. The molecule has 0 saturated heterocycles. The fraction of sp³-hybridized carbons (Fsp3) is 0.350. The first-order valence-electron chi connectivity index (χ1n) is 8.16. The molecule has 1 unspecified atom stereocenters. The van der Waals surface area contributed by atoms with E-state index >= 15 is 0 Å². The molecule has 24 heavy (non-hydrogen) atoms. The largest absolute Gasteiger partial charge is 0.496 e. The maximum Gasteiger partial charge on any atom is 0.230 e. The number of carbonyl (C=O) groups is 1. The van der Waals surface area contributed by atoms with Crippen molar-refractivity contribution in [2.45, 2.75) is 38.1 Å². The van der Waals surface area contributed by atoms with Crippen molar-refractivity contribution < 1.29 is 9.53 Å². The van der Waals surface area contributed by atoms with Gasteiger partial charge in [-0.2, -0.15) is 0 Å². The van der Waals surface area contributed by atoms with Crippen LogP contribution in [0.25, 0.3) is 0 Å². The number of hydrogen-bond donors (Lipinski definition) is 1. The zero-order valence-corrected chi connectivity index (χ0v) is 15.6. The molecule has 0 saturated carbocycles. The third-order valence-electron chi connectivity index (χ3n) is 3.96. The monoisotopic (exact) mass is 343 g/mol. The molecule has 1 amide bonds. The molecule has 2 aromatic rings. The second kappa shape index (κ2) is 8.78. The maximum atomic E-state index is 12.3. The normalized spacial score (nSPS) is 11.8. The molecular formula is C20H25NO2S. The highest BCUT2D eigenvalue weighted by atomic mass is 32.2. The van der Waals surface area contributed by atoms with E-state index in [4.69, 9.17) is 4.74 Å². The Morgan fingerprint density at radius 1 is 1.17 bits per heavy atom. The molecule has 1 atom stereocenters. The molecule has 0 aliphatic carbocycles. The molecule has 2 aromatic carbocycles. The standard InChI is InChI=1S/C20H25NO2S/c1-5-18(16-8-11-19(23-4)15(3)12-16)21-20(22)13-24-17-9-6-14(2)7-10-17/h6-12,18H,5,13H2,1-4H3,(H,21,22). The lowest BCUT2D eigenvalue weighted by Gasteiger charge is -2.19. The summed E-state index contributed by atoms with van der Waals surface area (Å²) in [6.07, 6.45) is 0.854. The van der Waals surface area contributed by atoms with Crippen LogP contribution in [0.15, 0.2) is 47.4 Å². The molecule has 0 fully saturated rings. The summed E-state index contributed by atoms with van der Waals surface area (Å²) in [5.74, 6) is 1.35. The summed E-state index contributed by atoms with van der Waals surface area (Å²) in [7, 11) is 1.67. The van der Waals surface area contributed by atoms with Gasteiger partial charge < -0.3 is 10.1 Å². The molecule has 4 heteroatoms. The minimum absolute atomic E-state index is 0.0284. The highest BCUT2D eigenvalue weighted by Gasteiger charge is 2.14. The molecule has 0 heterocycles. The van der Waals surface area contributed by atoms with Crippen molar-refractivity contribution in [1.82, 2.24) is 5.32 Å². The van der Waals surface area contributed by atoms with E-state index in [-0.39, 0.29) is 11.9 Å². The van der Waals surface area contributed by atoms with E-state index in [0.29, 0.717) is 5.75 Å². The molecule has 0 aromatic heterocycles. The van der Waals surface area contributed by atoms with Gasteiger partial charge >= 0.3 is 0 Å². The maximum absolute atomic E-state index is 12.3. The van der Waals surface area contributed by atoms with Gasteiger partial charge in [0, 0.05) is 4.90 Å². The van der Waals surface area contributed by atoms with Crippen molar-refractivity contribution in [3.8, 4) is 5.75 Å². The quantitative estimate of drug-likeness (QED) is 0.742. The zero-order valence-electron chi connectivity index (χ0n) is 14.8. The van der Waals surface area contributed by atoms with E-state index in [2.05, 4.69) is 49.5 Å². The summed E-state index contributed by atoms with van der Waals surface area (Å²) in [5, 5.41) is 3.13. The van der Waals surface area contributed by atoms with Crippen LogP contribution in [-0.4, -0.2) is 18.8 Å². The van der Waals surface area contributed by atoms with Gasteiger partial charge in [0.05, 0.1) is 18.9 Å². The fourth-order valence-corrected chi connectivity index (χ4v) is 3.27. The minimum atomic E-state index is 0.0284. The Balaban J connectivity index is 1.95. The summed E-state index contributed by atoms with van der Waals surface area (Å²) in [4.78, 5) is 13.4. The highest BCUT2D eigenvalue weighted by Crippen LogP contribution is 2.25. The van der Waals surface area contributed by atoms with Crippen molar-refractivity contribution >= 4 is 17.7 Å². The van der Waals surface area contributed by atoms with Crippen molar-refractivity contribution in [3.05, 3.63) is 59.2 Å². The van der Waals surface area contributed by atoms with Gasteiger partial charge in [0.15, 0.2) is 0 Å². The van der Waals surface area contributed by atoms with Gasteiger partial charge in [0.1, 0.15) is 5.75 Å². The predicted octanol–water partition coefficient (Wildman–Crippen LogP) is 4.67. The van der Waals surface area contributed by atoms with Crippen molar-refractivity contribution in [1.29, 1.82) is 0 Å². The summed E-state index contributed by atoms with van der Waals surface area (Å²) in [6.45, 7) is 6.16. The van der Waals surface area contributed by atoms with Crippen molar-refractivity contribution in [3.63, 3.8) is 0 Å². The van der Waals surface area contributed by atoms with Gasteiger partial charge in [0.2, 0.25) is 5.91 Å². The molecule has 1 N–H and O–H groups in total. The van der Waals surface area contributed by atoms with Crippen LogP contribution in [0.1, 0.15) is 36.1 Å². The average Bonchev–Trinajstić information content (AvgIpc) is 2.59.